The number of nitrogens with zero attached hydrogens (tertiary/aromatic N) is 5. The van der Waals surface area contributed by atoms with E-state index >= 15 is 0 Å². The molecule has 2 amide bonds. The fraction of sp³-hybridized carbons (Fsp3) is 0.636. The van der Waals surface area contributed by atoms with Gasteiger partial charge in [-0.1, -0.05) is 6.92 Å². The van der Waals surface area contributed by atoms with E-state index < -0.39 is 10.0 Å². The van der Waals surface area contributed by atoms with Crippen molar-refractivity contribution in [1.82, 2.24) is 14.1 Å². The van der Waals surface area contributed by atoms with Crippen molar-refractivity contribution in [3.8, 4) is 0 Å². The standard InChI is InChI=1S/C22H33N5O4S/c1-4-24-11-13-25(14-12-24)21(28)16-27-20-15-17(32(30,31)23(2)3)8-9-18(20)26-10-6-5-7-19(26)22(27)29/h8-9,15,19H,4-7,10-14,16H2,1-3H3/t19-/m1/s1. The van der Waals surface area contributed by atoms with Crippen LogP contribution in [0.25, 0.3) is 0 Å². The van der Waals surface area contributed by atoms with Crippen molar-refractivity contribution in [2.45, 2.75) is 37.1 Å². The van der Waals surface area contributed by atoms with Crippen LogP contribution in [-0.4, -0.2) is 100 Å². The third-order valence-electron chi connectivity index (χ3n) is 6.85. The maximum atomic E-state index is 13.5. The lowest BCUT2D eigenvalue weighted by atomic mass is 9.96. The topological polar surface area (TPSA) is 84.5 Å². The van der Waals surface area contributed by atoms with Crippen LogP contribution < -0.4 is 9.80 Å². The lowest BCUT2D eigenvalue weighted by Gasteiger charge is -2.45. The minimum atomic E-state index is -3.66. The lowest BCUT2D eigenvalue weighted by Crippen LogP contribution is -2.58. The molecule has 9 nitrogen and oxygen atoms in total. The van der Waals surface area contributed by atoms with E-state index in [0.29, 0.717) is 18.8 Å². The monoisotopic (exact) mass is 463 g/mol. The Labute approximate surface area is 190 Å². The largest absolute Gasteiger partial charge is 0.358 e. The van der Waals surface area contributed by atoms with Crippen molar-refractivity contribution in [1.29, 1.82) is 0 Å². The van der Waals surface area contributed by atoms with E-state index in [4.69, 9.17) is 0 Å². The molecule has 0 aromatic heterocycles. The minimum absolute atomic E-state index is 0.0617. The van der Waals surface area contributed by atoms with Gasteiger partial charge >= 0.3 is 0 Å². The number of hydrogen-bond donors (Lipinski definition) is 0. The highest BCUT2D eigenvalue weighted by molar-refractivity contribution is 7.89. The Hall–Kier alpha value is -2.17. The lowest BCUT2D eigenvalue weighted by molar-refractivity contribution is -0.133. The average Bonchev–Trinajstić information content (AvgIpc) is 2.81. The summed E-state index contributed by atoms with van der Waals surface area (Å²) in [5.41, 5.74) is 1.34. The van der Waals surface area contributed by atoms with Crippen molar-refractivity contribution in [3.05, 3.63) is 18.2 Å². The first kappa shape index (κ1) is 23.0. The molecule has 3 aliphatic rings. The predicted molar refractivity (Wildman–Crippen MR) is 123 cm³/mol. The second-order valence-electron chi connectivity index (χ2n) is 8.88. The molecule has 0 saturated carbocycles. The van der Waals surface area contributed by atoms with Crippen LogP contribution in [-0.2, 0) is 19.6 Å². The fourth-order valence-corrected chi connectivity index (χ4v) is 5.74. The van der Waals surface area contributed by atoms with Crippen molar-refractivity contribution in [2.24, 2.45) is 0 Å². The molecule has 0 spiro atoms. The molecular weight excluding hydrogens is 430 g/mol. The van der Waals surface area contributed by atoms with Crippen molar-refractivity contribution < 1.29 is 18.0 Å². The molecule has 176 valence electrons. The molecule has 1 aromatic carbocycles. The first-order chi connectivity index (χ1) is 15.2. The van der Waals surface area contributed by atoms with Crippen LogP contribution in [0.5, 0.6) is 0 Å². The first-order valence-electron chi connectivity index (χ1n) is 11.4. The first-order valence-corrected chi connectivity index (χ1v) is 12.8. The molecule has 0 radical (unpaired) electrons. The van der Waals surface area contributed by atoms with Gasteiger partial charge in [0.1, 0.15) is 12.6 Å². The Bertz CT molecular complexity index is 988. The summed E-state index contributed by atoms with van der Waals surface area (Å²) in [7, 11) is -0.695. The highest BCUT2D eigenvalue weighted by atomic mass is 32.2. The van der Waals surface area contributed by atoms with E-state index in [2.05, 4.69) is 16.7 Å². The Morgan fingerprint density at radius 3 is 2.44 bits per heavy atom. The molecule has 10 heteroatoms. The number of carbonyl (C=O) groups is 2. The molecule has 3 aliphatic heterocycles. The maximum Gasteiger partial charge on any atom is 0.250 e. The molecule has 1 atom stereocenters. The summed E-state index contributed by atoms with van der Waals surface area (Å²) >= 11 is 0. The quantitative estimate of drug-likeness (QED) is 0.643. The number of amides is 2. The third kappa shape index (κ3) is 4.11. The molecule has 2 fully saturated rings. The van der Waals surface area contributed by atoms with Gasteiger partial charge in [0, 0.05) is 46.8 Å². The van der Waals surface area contributed by atoms with Gasteiger partial charge in [0.25, 0.3) is 0 Å². The average molecular weight is 464 g/mol. The molecule has 2 saturated heterocycles. The molecule has 0 aliphatic carbocycles. The summed E-state index contributed by atoms with van der Waals surface area (Å²) < 4.78 is 26.7. The van der Waals surface area contributed by atoms with Crippen LogP contribution in [0.2, 0.25) is 0 Å². The van der Waals surface area contributed by atoms with Crippen LogP contribution in [0.15, 0.2) is 23.1 Å². The second-order valence-corrected chi connectivity index (χ2v) is 11.0. The van der Waals surface area contributed by atoms with Gasteiger partial charge in [0.05, 0.1) is 16.3 Å². The van der Waals surface area contributed by atoms with E-state index in [1.54, 1.807) is 18.2 Å². The zero-order chi connectivity index (χ0) is 23.0. The van der Waals surface area contributed by atoms with Gasteiger partial charge in [-0.15, -0.1) is 0 Å². The Kier molecular flexibility index (Phi) is 6.46. The van der Waals surface area contributed by atoms with E-state index in [-0.39, 0.29) is 29.3 Å². The smallest absolute Gasteiger partial charge is 0.250 e. The van der Waals surface area contributed by atoms with Crippen molar-refractivity contribution in [3.63, 3.8) is 0 Å². The van der Waals surface area contributed by atoms with E-state index in [1.807, 2.05) is 4.90 Å². The summed E-state index contributed by atoms with van der Waals surface area (Å²) in [6.07, 6.45) is 2.70. The van der Waals surface area contributed by atoms with Gasteiger partial charge in [-0.05, 0) is 44.0 Å². The Balaban J connectivity index is 1.67. The number of likely N-dealkylation sites (N-methyl/N-ethyl adjacent to an activating group) is 1. The number of rotatable bonds is 5. The zero-order valence-electron chi connectivity index (χ0n) is 19.2. The molecule has 1 aromatic rings. The molecule has 0 N–H and O–H groups in total. The summed E-state index contributed by atoms with van der Waals surface area (Å²) in [6.45, 7) is 6.70. The van der Waals surface area contributed by atoms with Crippen molar-refractivity contribution >= 4 is 33.2 Å². The van der Waals surface area contributed by atoms with E-state index in [9.17, 15) is 18.0 Å². The third-order valence-corrected chi connectivity index (χ3v) is 8.66. The zero-order valence-corrected chi connectivity index (χ0v) is 20.0. The summed E-state index contributed by atoms with van der Waals surface area (Å²) in [5, 5.41) is 0. The maximum absolute atomic E-state index is 13.5. The van der Waals surface area contributed by atoms with Crippen LogP contribution in [0.4, 0.5) is 11.4 Å². The van der Waals surface area contributed by atoms with Gasteiger partial charge in [-0.2, -0.15) is 0 Å². The number of carbonyl (C=O) groups excluding carboxylic acids is 2. The van der Waals surface area contributed by atoms with Crippen LogP contribution in [0, 0.1) is 0 Å². The fourth-order valence-electron chi connectivity index (χ4n) is 4.82. The number of piperazine rings is 1. The number of anilines is 2. The molecular formula is C22H33N5O4S. The van der Waals surface area contributed by atoms with Gasteiger partial charge < -0.3 is 14.7 Å². The number of sulfonamides is 1. The highest BCUT2D eigenvalue weighted by Crippen LogP contribution is 2.40. The minimum Gasteiger partial charge on any atom is -0.358 e. The summed E-state index contributed by atoms with van der Waals surface area (Å²) in [5.74, 6) is -0.206. The molecule has 4 rings (SSSR count). The van der Waals surface area contributed by atoms with Crippen LogP contribution >= 0.6 is 0 Å². The van der Waals surface area contributed by atoms with E-state index in [1.165, 1.54) is 19.0 Å². The SMILES string of the molecule is CCN1CCN(C(=O)CN2C(=O)[C@H]3CCCCN3c3ccc(S(=O)(=O)N(C)C)cc32)CC1. The van der Waals surface area contributed by atoms with Crippen LogP contribution in [0.3, 0.4) is 0 Å². The van der Waals surface area contributed by atoms with Gasteiger partial charge in [-0.3, -0.25) is 14.5 Å². The summed E-state index contributed by atoms with van der Waals surface area (Å²) in [6, 6.07) is 4.64. The molecule has 3 heterocycles. The number of fused-ring (bicyclic) bond motifs is 3. The van der Waals surface area contributed by atoms with E-state index in [0.717, 1.165) is 55.4 Å². The van der Waals surface area contributed by atoms with Gasteiger partial charge in [0.2, 0.25) is 21.8 Å². The Morgan fingerprint density at radius 1 is 1.06 bits per heavy atom. The molecule has 32 heavy (non-hydrogen) atoms. The molecule has 0 unspecified atom stereocenters. The second kappa shape index (κ2) is 8.99. The number of benzene rings is 1. The Morgan fingerprint density at radius 2 is 1.78 bits per heavy atom. The normalized spacial score (nSPS) is 22.2. The van der Waals surface area contributed by atoms with Gasteiger partial charge in [0.15, 0.2) is 0 Å². The van der Waals surface area contributed by atoms with Crippen LogP contribution in [0.1, 0.15) is 26.2 Å². The highest BCUT2D eigenvalue weighted by Gasteiger charge is 2.41. The number of piperidine rings is 1. The van der Waals surface area contributed by atoms with Crippen molar-refractivity contribution in [2.75, 3.05) is 69.7 Å². The summed E-state index contributed by atoms with van der Waals surface area (Å²) in [4.78, 5) is 34.4. The number of hydrogen-bond acceptors (Lipinski definition) is 6. The molecule has 0 bridgehead atoms. The predicted octanol–water partition coefficient (Wildman–Crippen LogP) is 0.807. The van der Waals surface area contributed by atoms with Gasteiger partial charge in [-0.25, -0.2) is 12.7 Å².